The van der Waals surface area contributed by atoms with Gasteiger partial charge in [0.05, 0.1) is 17.8 Å². The molecule has 0 radical (unpaired) electrons. The van der Waals surface area contributed by atoms with Crippen LogP contribution in [-0.4, -0.2) is 60.0 Å². The van der Waals surface area contributed by atoms with E-state index in [4.69, 9.17) is 15.6 Å². The lowest BCUT2D eigenvalue weighted by atomic mass is 10.1. The van der Waals surface area contributed by atoms with Gasteiger partial charge in [0.25, 0.3) is 0 Å². The zero-order valence-electron chi connectivity index (χ0n) is 16.2. The average molecular weight is 399 g/mol. The van der Waals surface area contributed by atoms with Crippen molar-refractivity contribution in [1.29, 1.82) is 10.8 Å². The van der Waals surface area contributed by atoms with Crippen LogP contribution in [0.2, 0.25) is 0 Å². The summed E-state index contributed by atoms with van der Waals surface area (Å²) in [5.41, 5.74) is -1.71. The zero-order chi connectivity index (χ0) is 21.3. The first kappa shape index (κ1) is 21.5. The van der Waals surface area contributed by atoms with Crippen LogP contribution in [0.25, 0.3) is 0 Å². The molecule has 1 aliphatic heterocycles. The van der Waals surface area contributed by atoms with E-state index in [1.165, 1.54) is 35.0 Å². The number of piperazine rings is 1. The van der Waals surface area contributed by atoms with Crippen molar-refractivity contribution in [3.63, 3.8) is 0 Å². The monoisotopic (exact) mass is 399 g/mol. The number of nitrogens with one attached hydrogen (secondary N) is 2. The summed E-state index contributed by atoms with van der Waals surface area (Å²) in [7, 11) is 1.35. The molecule has 10 heteroatoms. The summed E-state index contributed by atoms with van der Waals surface area (Å²) in [5.74, 6) is -0.344. The number of anilines is 1. The largest absolute Gasteiger partial charge is 0.444 e. The van der Waals surface area contributed by atoms with Crippen LogP contribution in [0.1, 0.15) is 26.3 Å². The van der Waals surface area contributed by atoms with Gasteiger partial charge in [-0.1, -0.05) is 12.1 Å². The third kappa shape index (κ3) is 4.93. The van der Waals surface area contributed by atoms with E-state index in [9.17, 15) is 18.0 Å². The molecule has 1 aromatic rings. The minimum atomic E-state index is -4.56. The molecule has 28 heavy (non-hydrogen) atoms. The van der Waals surface area contributed by atoms with Gasteiger partial charge in [-0.05, 0) is 32.9 Å². The number of hydrogen-bond donors (Lipinski definition) is 2. The Morgan fingerprint density at radius 1 is 1.18 bits per heavy atom. The molecule has 2 rings (SSSR count). The smallest absolute Gasteiger partial charge is 0.418 e. The lowest BCUT2D eigenvalue weighted by Gasteiger charge is -2.39. The summed E-state index contributed by atoms with van der Waals surface area (Å²) in [4.78, 5) is 15.8. The highest BCUT2D eigenvalue weighted by Crippen LogP contribution is 2.36. The van der Waals surface area contributed by atoms with Crippen LogP contribution in [0.3, 0.4) is 0 Å². The first-order valence-corrected chi connectivity index (χ1v) is 8.62. The van der Waals surface area contributed by atoms with Crippen LogP contribution in [0.15, 0.2) is 24.3 Å². The number of rotatable bonds is 1. The standard InChI is InChI=1S/C18H24F3N5O2/c1-17(2,3)28-16(27)25-9-10-26(14(22)11-25)15(23)24(4)13-8-6-5-7-12(13)18(19,20)21/h5-8,22-23H,9-11H2,1-4H3. The van der Waals surface area contributed by atoms with Crippen LogP contribution in [0.5, 0.6) is 0 Å². The predicted molar refractivity (Wildman–Crippen MR) is 99.8 cm³/mol. The number of para-hydroxylation sites is 1. The molecule has 1 heterocycles. The summed E-state index contributed by atoms with van der Waals surface area (Å²) in [6, 6.07) is 4.97. The maximum absolute atomic E-state index is 13.3. The van der Waals surface area contributed by atoms with Crippen molar-refractivity contribution in [3.8, 4) is 0 Å². The van der Waals surface area contributed by atoms with Crippen molar-refractivity contribution >= 4 is 23.6 Å². The number of nitrogens with zero attached hydrogens (tertiary/aromatic N) is 3. The minimum absolute atomic E-state index is 0.0709. The second kappa shape index (κ2) is 7.69. The van der Waals surface area contributed by atoms with Gasteiger partial charge >= 0.3 is 12.3 Å². The Morgan fingerprint density at radius 2 is 1.79 bits per heavy atom. The Labute approximate surface area is 161 Å². The van der Waals surface area contributed by atoms with Crippen molar-refractivity contribution < 1.29 is 22.7 Å². The van der Waals surface area contributed by atoms with E-state index in [2.05, 4.69) is 0 Å². The van der Waals surface area contributed by atoms with Crippen molar-refractivity contribution in [2.45, 2.75) is 32.5 Å². The van der Waals surface area contributed by atoms with Crippen LogP contribution in [0, 0.1) is 10.8 Å². The topological polar surface area (TPSA) is 83.7 Å². The number of ether oxygens (including phenoxy) is 1. The molecule has 154 valence electrons. The SMILES string of the molecule is CN(C(=N)N1CCN(C(=O)OC(C)(C)C)CC1=N)c1ccccc1C(F)(F)F. The number of carbonyl (C=O) groups is 1. The fourth-order valence-corrected chi connectivity index (χ4v) is 2.72. The molecule has 7 nitrogen and oxygen atoms in total. The number of benzene rings is 1. The second-order valence-corrected chi connectivity index (χ2v) is 7.40. The summed E-state index contributed by atoms with van der Waals surface area (Å²) in [5, 5.41) is 16.4. The van der Waals surface area contributed by atoms with E-state index in [1.807, 2.05) is 0 Å². The van der Waals surface area contributed by atoms with Gasteiger partial charge in [0.15, 0.2) is 0 Å². The summed E-state index contributed by atoms with van der Waals surface area (Å²) in [6.07, 6.45) is -5.13. The minimum Gasteiger partial charge on any atom is -0.444 e. The molecule has 0 aromatic heterocycles. The lowest BCUT2D eigenvalue weighted by molar-refractivity contribution is -0.137. The summed E-state index contributed by atoms with van der Waals surface area (Å²) >= 11 is 0. The molecular formula is C18H24F3N5O2. The Morgan fingerprint density at radius 3 is 2.32 bits per heavy atom. The van der Waals surface area contributed by atoms with Crippen molar-refractivity contribution in [3.05, 3.63) is 29.8 Å². The zero-order valence-corrected chi connectivity index (χ0v) is 16.2. The molecule has 0 unspecified atom stereocenters. The van der Waals surface area contributed by atoms with Gasteiger partial charge in [0.1, 0.15) is 11.4 Å². The Balaban J connectivity index is 2.13. The third-order valence-corrected chi connectivity index (χ3v) is 4.06. The Kier molecular flexibility index (Phi) is 5.91. The first-order valence-electron chi connectivity index (χ1n) is 8.62. The van der Waals surface area contributed by atoms with Crippen molar-refractivity contribution in [1.82, 2.24) is 9.80 Å². The first-order chi connectivity index (χ1) is 12.8. The van der Waals surface area contributed by atoms with Gasteiger partial charge in [-0.25, -0.2) is 4.79 Å². The number of alkyl halides is 3. The normalized spacial score (nSPS) is 15.5. The lowest BCUT2D eigenvalue weighted by Crippen LogP contribution is -2.57. The fourth-order valence-electron chi connectivity index (χ4n) is 2.72. The molecule has 0 aliphatic carbocycles. The van der Waals surface area contributed by atoms with Crippen LogP contribution >= 0.6 is 0 Å². The highest BCUT2D eigenvalue weighted by Gasteiger charge is 2.36. The average Bonchev–Trinajstić information content (AvgIpc) is 2.58. The number of amides is 1. The van der Waals surface area contributed by atoms with Gasteiger partial charge in [-0.15, -0.1) is 0 Å². The molecule has 1 amide bonds. The molecule has 1 aromatic carbocycles. The van der Waals surface area contributed by atoms with E-state index >= 15 is 0 Å². The van der Waals surface area contributed by atoms with Crippen molar-refractivity contribution in [2.24, 2.45) is 0 Å². The molecule has 1 fully saturated rings. The maximum atomic E-state index is 13.3. The number of carbonyl (C=O) groups excluding carboxylic acids is 1. The molecule has 0 spiro atoms. The van der Waals surface area contributed by atoms with Gasteiger partial charge in [-0.3, -0.25) is 20.6 Å². The van der Waals surface area contributed by atoms with Gasteiger partial charge < -0.3 is 9.64 Å². The summed E-state index contributed by atoms with van der Waals surface area (Å²) < 4.78 is 45.0. The maximum Gasteiger partial charge on any atom is 0.418 e. The van der Waals surface area contributed by atoms with E-state index in [0.717, 1.165) is 11.0 Å². The quantitative estimate of drug-likeness (QED) is 0.558. The fraction of sp³-hybridized carbons (Fsp3) is 0.500. The number of guanidine groups is 1. The molecular weight excluding hydrogens is 375 g/mol. The molecule has 2 N–H and O–H groups in total. The third-order valence-electron chi connectivity index (χ3n) is 4.06. The van der Waals surface area contributed by atoms with Crippen LogP contribution in [0.4, 0.5) is 23.7 Å². The van der Waals surface area contributed by atoms with Crippen LogP contribution < -0.4 is 4.90 Å². The van der Waals surface area contributed by atoms with Crippen molar-refractivity contribution in [2.75, 3.05) is 31.6 Å². The summed E-state index contributed by atoms with van der Waals surface area (Å²) in [6.45, 7) is 5.40. The molecule has 0 bridgehead atoms. The molecule has 1 saturated heterocycles. The highest BCUT2D eigenvalue weighted by molar-refractivity contribution is 6.06. The van der Waals surface area contributed by atoms with Gasteiger partial charge in [-0.2, -0.15) is 13.2 Å². The molecule has 0 saturated carbocycles. The van der Waals surface area contributed by atoms with E-state index in [-0.39, 0.29) is 37.1 Å². The number of hydrogen-bond acceptors (Lipinski definition) is 4. The molecule has 0 atom stereocenters. The van der Waals surface area contributed by atoms with Gasteiger partial charge in [0, 0.05) is 20.1 Å². The Bertz CT molecular complexity index is 773. The van der Waals surface area contributed by atoms with Gasteiger partial charge in [0.2, 0.25) is 5.96 Å². The molecule has 1 aliphatic rings. The second-order valence-electron chi connectivity index (χ2n) is 7.40. The highest BCUT2D eigenvalue weighted by atomic mass is 19.4. The Hall–Kier alpha value is -2.78. The number of amidine groups is 1. The van der Waals surface area contributed by atoms with E-state index in [0.29, 0.717) is 0 Å². The number of halogens is 3. The predicted octanol–water partition coefficient (Wildman–Crippen LogP) is 3.61. The van der Waals surface area contributed by atoms with E-state index < -0.39 is 23.4 Å². The van der Waals surface area contributed by atoms with Crippen LogP contribution in [-0.2, 0) is 10.9 Å². The van der Waals surface area contributed by atoms with E-state index in [1.54, 1.807) is 20.8 Å².